The van der Waals surface area contributed by atoms with E-state index in [2.05, 4.69) is 5.32 Å². The molecule has 0 unspecified atom stereocenters. The third kappa shape index (κ3) is 2.91. The molecule has 1 amide bonds. The van der Waals surface area contributed by atoms with Gasteiger partial charge in [0.05, 0.1) is 17.9 Å². The average Bonchev–Trinajstić information content (AvgIpc) is 2.91. The van der Waals surface area contributed by atoms with Gasteiger partial charge in [0, 0.05) is 6.54 Å². The van der Waals surface area contributed by atoms with E-state index in [0.717, 1.165) is 25.7 Å². The van der Waals surface area contributed by atoms with Gasteiger partial charge in [-0.15, -0.1) is 0 Å². The number of aliphatic hydroxyl groups excluding tert-OH is 1. The fourth-order valence-corrected chi connectivity index (χ4v) is 3.29. The zero-order chi connectivity index (χ0) is 14.2. The molecule has 0 bridgehead atoms. The van der Waals surface area contributed by atoms with Crippen LogP contribution in [0.5, 0.6) is 0 Å². The summed E-state index contributed by atoms with van der Waals surface area (Å²) in [4.78, 5) is 23.0. The lowest BCUT2D eigenvalue weighted by atomic mass is 9.87. The number of aliphatic carboxylic acids is 1. The Labute approximate surface area is 113 Å². The number of carbonyl (C=O) groups excluding carboxylic acids is 1. The van der Waals surface area contributed by atoms with Gasteiger partial charge in [-0.05, 0) is 37.0 Å². The van der Waals surface area contributed by atoms with Crippen LogP contribution in [0, 0.1) is 23.2 Å². The molecule has 2 saturated carbocycles. The first-order valence-corrected chi connectivity index (χ1v) is 7.02. The molecule has 19 heavy (non-hydrogen) atoms. The minimum Gasteiger partial charge on any atom is -0.481 e. The van der Waals surface area contributed by atoms with E-state index in [-0.39, 0.29) is 12.0 Å². The zero-order valence-electron chi connectivity index (χ0n) is 11.6. The lowest BCUT2D eigenvalue weighted by Gasteiger charge is -2.25. The minimum absolute atomic E-state index is 0.136. The van der Waals surface area contributed by atoms with Crippen LogP contribution >= 0.6 is 0 Å². The number of hydrogen-bond acceptors (Lipinski definition) is 3. The van der Waals surface area contributed by atoms with Crippen LogP contribution < -0.4 is 5.32 Å². The molecule has 3 N–H and O–H groups in total. The molecule has 0 radical (unpaired) electrons. The molecule has 0 saturated heterocycles. The number of aliphatic hydroxyl groups is 1. The molecule has 0 aromatic carbocycles. The van der Waals surface area contributed by atoms with Gasteiger partial charge in [-0.1, -0.05) is 13.8 Å². The SMILES string of the molecule is CC1(C)[C@H](C(=O)O)[C@@H]1C(=O)NCC1CCC(O)CC1. The van der Waals surface area contributed by atoms with Gasteiger partial charge >= 0.3 is 5.97 Å². The van der Waals surface area contributed by atoms with Gasteiger partial charge in [0.25, 0.3) is 0 Å². The molecule has 5 heteroatoms. The van der Waals surface area contributed by atoms with Crippen LogP contribution in [-0.4, -0.2) is 34.7 Å². The Morgan fingerprint density at radius 2 is 1.74 bits per heavy atom. The Balaban J connectivity index is 1.78. The van der Waals surface area contributed by atoms with Crippen molar-refractivity contribution in [2.24, 2.45) is 23.2 Å². The highest BCUT2D eigenvalue weighted by atomic mass is 16.4. The van der Waals surface area contributed by atoms with Gasteiger partial charge in [0.1, 0.15) is 0 Å². The van der Waals surface area contributed by atoms with Crippen LogP contribution in [0.1, 0.15) is 39.5 Å². The summed E-state index contributed by atoms with van der Waals surface area (Å²) in [7, 11) is 0. The van der Waals surface area contributed by atoms with E-state index in [4.69, 9.17) is 5.11 Å². The number of rotatable bonds is 4. The third-order valence-electron chi connectivity index (χ3n) is 4.76. The summed E-state index contributed by atoms with van der Waals surface area (Å²) in [6.07, 6.45) is 3.27. The molecular formula is C14H23NO4. The highest BCUT2D eigenvalue weighted by Crippen LogP contribution is 2.58. The molecule has 108 valence electrons. The van der Waals surface area contributed by atoms with Gasteiger partial charge in [-0.25, -0.2) is 0 Å². The second-order valence-corrected chi connectivity index (χ2v) is 6.53. The Hall–Kier alpha value is -1.10. The average molecular weight is 269 g/mol. The van der Waals surface area contributed by atoms with Crippen molar-refractivity contribution in [2.45, 2.75) is 45.6 Å². The smallest absolute Gasteiger partial charge is 0.307 e. The van der Waals surface area contributed by atoms with Crippen molar-refractivity contribution >= 4 is 11.9 Å². The zero-order valence-corrected chi connectivity index (χ0v) is 11.6. The van der Waals surface area contributed by atoms with Crippen molar-refractivity contribution in [1.82, 2.24) is 5.32 Å². The van der Waals surface area contributed by atoms with Crippen LogP contribution in [0.4, 0.5) is 0 Å². The van der Waals surface area contributed by atoms with Crippen LogP contribution in [0.2, 0.25) is 0 Å². The maximum Gasteiger partial charge on any atom is 0.307 e. The number of carbonyl (C=O) groups is 2. The first-order chi connectivity index (χ1) is 8.84. The van der Waals surface area contributed by atoms with Crippen molar-refractivity contribution < 1.29 is 19.8 Å². The fourth-order valence-electron chi connectivity index (χ4n) is 3.29. The van der Waals surface area contributed by atoms with E-state index in [1.165, 1.54) is 0 Å². The third-order valence-corrected chi connectivity index (χ3v) is 4.76. The molecule has 2 aliphatic carbocycles. The van der Waals surface area contributed by atoms with Crippen LogP contribution in [0.15, 0.2) is 0 Å². The molecule has 0 spiro atoms. The fraction of sp³-hybridized carbons (Fsp3) is 0.857. The lowest BCUT2D eigenvalue weighted by molar-refractivity contribution is -0.140. The number of nitrogens with one attached hydrogen (secondary N) is 1. The summed E-state index contributed by atoms with van der Waals surface area (Å²) < 4.78 is 0. The molecule has 2 rings (SSSR count). The molecule has 2 aliphatic rings. The van der Waals surface area contributed by atoms with Gasteiger partial charge < -0.3 is 15.5 Å². The van der Waals surface area contributed by atoms with Crippen molar-refractivity contribution in [1.29, 1.82) is 0 Å². The number of carboxylic acids is 1. The topological polar surface area (TPSA) is 86.6 Å². The minimum atomic E-state index is -0.883. The Bertz CT molecular complexity index is 372. The molecule has 0 aromatic rings. The van der Waals surface area contributed by atoms with Gasteiger partial charge in [0.2, 0.25) is 5.91 Å². The standard InChI is InChI=1S/C14H23NO4/c1-14(2)10(11(14)13(18)19)12(17)15-7-8-3-5-9(16)6-4-8/h8-11,16H,3-7H2,1-2H3,(H,15,17)(H,18,19)/t8?,9?,10-,11+/m1/s1. The summed E-state index contributed by atoms with van der Waals surface area (Å²) in [5, 5.41) is 21.3. The maximum atomic E-state index is 12.0. The first-order valence-electron chi connectivity index (χ1n) is 7.02. The summed E-state index contributed by atoms with van der Waals surface area (Å²) in [5.41, 5.74) is -0.432. The first kappa shape index (κ1) is 14.3. The highest BCUT2D eigenvalue weighted by Gasteiger charge is 2.65. The van der Waals surface area contributed by atoms with E-state index >= 15 is 0 Å². The molecule has 2 fully saturated rings. The Kier molecular flexibility index (Phi) is 3.85. The van der Waals surface area contributed by atoms with Crippen molar-refractivity contribution in [3.63, 3.8) is 0 Å². The predicted octanol–water partition coefficient (Wildman–Crippen LogP) is 1.01. The van der Waals surface area contributed by atoms with Gasteiger partial charge in [0.15, 0.2) is 0 Å². The second kappa shape index (κ2) is 5.12. The molecule has 5 nitrogen and oxygen atoms in total. The molecular weight excluding hydrogens is 246 g/mol. The Morgan fingerprint density at radius 3 is 2.21 bits per heavy atom. The van der Waals surface area contributed by atoms with Crippen LogP contribution in [0.25, 0.3) is 0 Å². The summed E-state index contributed by atoms with van der Waals surface area (Å²) in [6.45, 7) is 4.25. The van der Waals surface area contributed by atoms with Crippen molar-refractivity contribution in [3.8, 4) is 0 Å². The van der Waals surface area contributed by atoms with Gasteiger partial charge in [-0.3, -0.25) is 9.59 Å². The quantitative estimate of drug-likeness (QED) is 0.711. The number of amides is 1. The maximum absolute atomic E-state index is 12.0. The monoisotopic (exact) mass is 269 g/mol. The van der Waals surface area contributed by atoms with E-state index in [1.807, 2.05) is 13.8 Å². The largest absolute Gasteiger partial charge is 0.481 e. The molecule has 0 aromatic heterocycles. The summed E-state index contributed by atoms with van der Waals surface area (Å²) in [6, 6.07) is 0. The van der Waals surface area contributed by atoms with E-state index in [9.17, 15) is 14.7 Å². The van der Waals surface area contributed by atoms with Crippen molar-refractivity contribution in [2.75, 3.05) is 6.54 Å². The van der Waals surface area contributed by atoms with Crippen LogP contribution in [-0.2, 0) is 9.59 Å². The molecule has 0 heterocycles. The number of hydrogen-bond donors (Lipinski definition) is 3. The number of carboxylic acid groups (broad SMARTS) is 1. The second-order valence-electron chi connectivity index (χ2n) is 6.53. The molecule has 0 aliphatic heterocycles. The normalized spacial score (nSPS) is 36.6. The summed E-state index contributed by atoms with van der Waals surface area (Å²) in [5.74, 6) is -1.56. The highest BCUT2D eigenvalue weighted by molar-refractivity contribution is 5.91. The van der Waals surface area contributed by atoms with E-state index in [1.54, 1.807) is 0 Å². The van der Waals surface area contributed by atoms with Gasteiger partial charge in [-0.2, -0.15) is 0 Å². The predicted molar refractivity (Wildman–Crippen MR) is 69.4 cm³/mol. The van der Waals surface area contributed by atoms with Crippen LogP contribution in [0.3, 0.4) is 0 Å². The van der Waals surface area contributed by atoms with E-state index < -0.39 is 23.2 Å². The summed E-state index contributed by atoms with van der Waals surface area (Å²) >= 11 is 0. The van der Waals surface area contributed by atoms with E-state index in [0.29, 0.717) is 12.5 Å². The van der Waals surface area contributed by atoms with Crippen molar-refractivity contribution in [3.05, 3.63) is 0 Å². The lowest BCUT2D eigenvalue weighted by Crippen LogP contribution is -2.34. The molecule has 2 atom stereocenters. The Morgan fingerprint density at radius 1 is 1.16 bits per heavy atom.